The van der Waals surface area contributed by atoms with Crippen molar-refractivity contribution in [3.8, 4) is 22.9 Å². The van der Waals surface area contributed by atoms with Gasteiger partial charge in [0, 0.05) is 44.2 Å². The summed E-state index contributed by atoms with van der Waals surface area (Å²) in [6, 6.07) is 12.9. The number of hydrogen-bond acceptors (Lipinski definition) is 6. The van der Waals surface area contributed by atoms with Gasteiger partial charge in [0.25, 0.3) is 5.91 Å². The van der Waals surface area contributed by atoms with Crippen molar-refractivity contribution in [3.63, 3.8) is 0 Å². The van der Waals surface area contributed by atoms with Crippen LogP contribution in [0.3, 0.4) is 0 Å². The van der Waals surface area contributed by atoms with Gasteiger partial charge in [-0.1, -0.05) is 29.4 Å². The summed E-state index contributed by atoms with van der Waals surface area (Å²) in [5, 5.41) is 6.83. The summed E-state index contributed by atoms with van der Waals surface area (Å²) >= 11 is 0. The first-order chi connectivity index (χ1) is 13.7. The normalized spacial score (nSPS) is 10.8. The molecule has 4 aromatic rings. The van der Waals surface area contributed by atoms with Gasteiger partial charge in [-0.25, -0.2) is 4.98 Å². The highest BCUT2D eigenvalue weighted by atomic mass is 16.5. The Morgan fingerprint density at radius 1 is 1.11 bits per heavy atom. The second-order valence-electron chi connectivity index (χ2n) is 6.14. The SMILES string of the molecule is Cn1ccnc1-c1ccccc1C(=O)NCCc1nc(-c2ccccn2)no1. The molecule has 0 atom stereocenters. The Kier molecular flexibility index (Phi) is 4.92. The maximum atomic E-state index is 12.7. The van der Waals surface area contributed by atoms with Crippen molar-refractivity contribution in [1.82, 2.24) is 30.0 Å². The Morgan fingerprint density at radius 3 is 2.75 bits per heavy atom. The third-order valence-corrected chi connectivity index (χ3v) is 4.22. The predicted octanol–water partition coefficient (Wildman–Crippen LogP) is 2.50. The summed E-state index contributed by atoms with van der Waals surface area (Å²) in [5.74, 6) is 1.44. The number of rotatable bonds is 6. The predicted molar refractivity (Wildman–Crippen MR) is 102 cm³/mol. The van der Waals surface area contributed by atoms with Crippen molar-refractivity contribution >= 4 is 5.91 Å². The fourth-order valence-electron chi connectivity index (χ4n) is 2.83. The van der Waals surface area contributed by atoms with Crippen molar-refractivity contribution in [1.29, 1.82) is 0 Å². The lowest BCUT2D eigenvalue weighted by molar-refractivity contribution is 0.0954. The van der Waals surface area contributed by atoms with E-state index < -0.39 is 0 Å². The molecule has 0 saturated heterocycles. The lowest BCUT2D eigenvalue weighted by Crippen LogP contribution is -2.26. The molecular formula is C20H18N6O2. The van der Waals surface area contributed by atoms with Crippen LogP contribution in [0.25, 0.3) is 22.9 Å². The van der Waals surface area contributed by atoms with E-state index in [1.807, 2.05) is 54.2 Å². The molecule has 0 saturated carbocycles. The van der Waals surface area contributed by atoms with E-state index in [4.69, 9.17) is 4.52 Å². The molecule has 0 aliphatic rings. The summed E-state index contributed by atoms with van der Waals surface area (Å²) < 4.78 is 7.12. The second kappa shape index (κ2) is 7.83. The fourth-order valence-corrected chi connectivity index (χ4v) is 2.83. The number of benzene rings is 1. The lowest BCUT2D eigenvalue weighted by atomic mass is 10.1. The summed E-state index contributed by atoms with van der Waals surface area (Å²) in [7, 11) is 1.89. The maximum Gasteiger partial charge on any atom is 0.252 e. The molecule has 0 spiro atoms. The molecule has 28 heavy (non-hydrogen) atoms. The Labute approximate surface area is 161 Å². The quantitative estimate of drug-likeness (QED) is 0.557. The number of aromatic nitrogens is 5. The Bertz CT molecular complexity index is 1090. The van der Waals surface area contributed by atoms with E-state index in [2.05, 4.69) is 25.4 Å². The first-order valence-electron chi connectivity index (χ1n) is 8.81. The van der Waals surface area contributed by atoms with Crippen LogP contribution in [0.1, 0.15) is 16.2 Å². The molecule has 4 rings (SSSR count). The van der Waals surface area contributed by atoms with Gasteiger partial charge in [0.1, 0.15) is 11.5 Å². The summed E-state index contributed by atoms with van der Waals surface area (Å²) in [6.07, 6.45) is 5.65. The van der Waals surface area contributed by atoms with Gasteiger partial charge in [-0.2, -0.15) is 4.98 Å². The monoisotopic (exact) mass is 374 g/mol. The molecule has 0 aliphatic heterocycles. The number of imidazole rings is 1. The fraction of sp³-hybridized carbons (Fsp3) is 0.150. The topological polar surface area (TPSA) is 98.7 Å². The molecule has 1 N–H and O–H groups in total. The van der Waals surface area contributed by atoms with Crippen LogP contribution in [-0.2, 0) is 13.5 Å². The Morgan fingerprint density at radius 2 is 1.96 bits per heavy atom. The van der Waals surface area contributed by atoms with Gasteiger partial charge in [0.15, 0.2) is 0 Å². The first kappa shape index (κ1) is 17.6. The number of carbonyl (C=O) groups is 1. The van der Waals surface area contributed by atoms with E-state index in [0.29, 0.717) is 35.9 Å². The van der Waals surface area contributed by atoms with Crippen molar-refractivity contribution in [2.75, 3.05) is 6.54 Å². The van der Waals surface area contributed by atoms with Crippen LogP contribution in [0.5, 0.6) is 0 Å². The van der Waals surface area contributed by atoms with Gasteiger partial charge in [-0.15, -0.1) is 0 Å². The maximum absolute atomic E-state index is 12.7. The van der Waals surface area contributed by atoms with E-state index in [9.17, 15) is 4.79 Å². The largest absolute Gasteiger partial charge is 0.351 e. The van der Waals surface area contributed by atoms with Gasteiger partial charge in [0.05, 0.1) is 5.56 Å². The zero-order chi connectivity index (χ0) is 19.3. The molecule has 1 amide bonds. The average molecular weight is 374 g/mol. The van der Waals surface area contributed by atoms with Crippen LogP contribution in [0, 0.1) is 0 Å². The lowest BCUT2D eigenvalue weighted by Gasteiger charge is -2.09. The number of pyridine rings is 1. The zero-order valence-corrected chi connectivity index (χ0v) is 15.2. The van der Waals surface area contributed by atoms with Crippen molar-refractivity contribution in [2.24, 2.45) is 7.05 Å². The van der Waals surface area contributed by atoms with Gasteiger partial charge >= 0.3 is 0 Å². The van der Waals surface area contributed by atoms with Crippen LogP contribution in [0.2, 0.25) is 0 Å². The van der Waals surface area contributed by atoms with Crippen molar-refractivity contribution < 1.29 is 9.32 Å². The van der Waals surface area contributed by atoms with E-state index >= 15 is 0 Å². The minimum Gasteiger partial charge on any atom is -0.351 e. The van der Waals surface area contributed by atoms with Crippen LogP contribution in [-0.4, -0.2) is 37.1 Å². The molecule has 8 nitrogen and oxygen atoms in total. The number of nitrogens with zero attached hydrogens (tertiary/aromatic N) is 5. The van der Waals surface area contributed by atoms with Gasteiger partial charge in [-0.3, -0.25) is 9.78 Å². The molecule has 1 aromatic carbocycles. The smallest absolute Gasteiger partial charge is 0.252 e. The van der Waals surface area contributed by atoms with Crippen molar-refractivity contribution in [3.05, 3.63) is 72.5 Å². The molecule has 0 fully saturated rings. The third kappa shape index (κ3) is 3.66. The minimum atomic E-state index is -0.178. The number of hydrogen-bond donors (Lipinski definition) is 1. The molecule has 0 aliphatic carbocycles. The van der Waals surface area contributed by atoms with E-state index in [1.165, 1.54) is 0 Å². The molecule has 8 heteroatoms. The van der Waals surface area contributed by atoms with E-state index in [-0.39, 0.29) is 5.91 Å². The number of aryl methyl sites for hydroxylation is 1. The Balaban J connectivity index is 1.41. The highest BCUT2D eigenvalue weighted by Gasteiger charge is 2.15. The Hall–Kier alpha value is -3.81. The highest BCUT2D eigenvalue weighted by molar-refractivity contribution is 6.00. The van der Waals surface area contributed by atoms with Crippen LogP contribution in [0.4, 0.5) is 0 Å². The van der Waals surface area contributed by atoms with E-state index in [0.717, 1.165) is 11.4 Å². The summed E-state index contributed by atoms with van der Waals surface area (Å²) in [5.41, 5.74) is 1.99. The molecule has 3 aromatic heterocycles. The molecule has 0 bridgehead atoms. The van der Waals surface area contributed by atoms with Crippen molar-refractivity contribution in [2.45, 2.75) is 6.42 Å². The number of nitrogens with one attached hydrogen (secondary N) is 1. The summed E-state index contributed by atoms with van der Waals surface area (Å²) in [4.78, 5) is 25.5. The van der Waals surface area contributed by atoms with Gasteiger partial charge in [-0.05, 0) is 18.2 Å². The average Bonchev–Trinajstić information content (AvgIpc) is 3.38. The van der Waals surface area contributed by atoms with Crippen LogP contribution < -0.4 is 5.32 Å². The standard InChI is InChI=1S/C20H18N6O2/c1-26-13-12-22-19(26)14-6-2-3-7-15(14)20(27)23-11-9-17-24-18(25-28-17)16-8-4-5-10-21-16/h2-8,10,12-13H,9,11H2,1H3,(H,23,27). The number of carbonyl (C=O) groups excluding carboxylic acids is 1. The molecule has 0 radical (unpaired) electrons. The second-order valence-corrected chi connectivity index (χ2v) is 6.14. The van der Waals surface area contributed by atoms with Gasteiger partial charge < -0.3 is 14.4 Å². The first-order valence-corrected chi connectivity index (χ1v) is 8.81. The summed E-state index contributed by atoms with van der Waals surface area (Å²) in [6.45, 7) is 0.373. The minimum absolute atomic E-state index is 0.178. The van der Waals surface area contributed by atoms with Gasteiger partial charge in [0.2, 0.25) is 11.7 Å². The molecular weight excluding hydrogens is 356 g/mol. The van der Waals surface area contributed by atoms with E-state index in [1.54, 1.807) is 18.5 Å². The highest BCUT2D eigenvalue weighted by Crippen LogP contribution is 2.21. The third-order valence-electron chi connectivity index (χ3n) is 4.22. The zero-order valence-electron chi connectivity index (χ0n) is 15.2. The molecule has 3 heterocycles. The molecule has 140 valence electrons. The van der Waals surface area contributed by atoms with Crippen LogP contribution in [0.15, 0.2) is 65.6 Å². The number of amides is 1. The molecule has 0 unspecified atom stereocenters. The van der Waals surface area contributed by atoms with Crippen LogP contribution >= 0.6 is 0 Å².